The van der Waals surface area contributed by atoms with Crippen LogP contribution in [0.15, 0.2) is 66.7 Å². The van der Waals surface area contributed by atoms with Gasteiger partial charge in [0.2, 0.25) is 5.91 Å². The third kappa shape index (κ3) is 4.64. The third-order valence-corrected chi connectivity index (χ3v) is 7.51. The van der Waals surface area contributed by atoms with Gasteiger partial charge in [0, 0.05) is 42.3 Å². The molecule has 1 aliphatic carbocycles. The van der Waals surface area contributed by atoms with Gasteiger partial charge in [0.1, 0.15) is 6.04 Å². The molecule has 5 rings (SSSR count). The van der Waals surface area contributed by atoms with Crippen molar-refractivity contribution in [1.29, 1.82) is 0 Å². The molecule has 0 unspecified atom stereocenters. The molecule has 0 radical (unpaired) electrons. The first-order valence-electron chi connectivity index (χ1n) is 12.5. The minimum absolute atomic E-state index is 0.0342. The molecule has 0 saturated carbocycles. The van der Waals surface area contributed by atoms with Gasteiger partial charge in [-0.2, -0.15) is 0 Å². The summed E-state index contributed by atoms with van der Waals surface area (Å²) in [6, 6.07) is 19.6. The summed E-state index contributed by atoms with van der Waals surface area (Å²) in [6.07, 6.45) is 1.20. The number of benzene rings is 3. The third-order valence-electron chi connectivity index (χ3n) is 7.28. The van der Waals surface area contributed by atoms with Crippen LogP contribution in [0.1, 0.15) is 35.1 Å². The van der Waals surface area contributed by atoms with Crippen LogP contribution in [0, 0.1) is 0 Å². The van der Waals surface area contributed by atoms with Crippen molar-refractivity contribution in [1.82, 2.24) is 15.5 Å². The molecule has 0 aromatic heterocycles. The van der Waals surface area contributed by atoms with Crippen LogP contribution in [0.5, 0.6) is 0 Å². The van der Waals surface area contributed by atoms with E-state index in [1.165, 1.54) is 4.90 Å². The standard InChI is InChI=1S/C29H30ClN3O4/c30-21-12-11-19(17-31-13-15-34)20(16-21)18-32-27(35)26-10-5-14-33(26)28(36)29(37)24-8-3-1-6-22(24)23-7-2-4-9-25(23)29/h1-4,6-9,11-12,16,26,31,34,37H,5,10,13-15,17-18H2,(H,32,35)/t26-/m0/s1. The highest BCUT2D eigenvalue weighted by Gasteiger charge is 2.52. The smallest absolute Gasteiger partial charge is 0.264 e. The molecule has 0 bridgehead atoms. The first kappa shape index (κ1) is 25.4. The molecule has 1 heterocycles. The maximum Gasteiger partial charge on any atom is 0.264 e. The summed E-state index contributed by atoms with van der Waals surface area (Å²) >= 11 is 6.20. The van der Waals surface area contributed by atoms with Crippen LogP contribution in [0.3, 0.4) is 0 Å². The quantitative estimate of drug-likeness (QED) is 0.343. The summed E-state index contributed by atoms with van der Waals surface area (Å²) in [5.41, 5.74) is 2.74. The Morgan fingerprint density at radius 2 is 1.65 bits per heavy atom. The molecule has 37 heavy (non-hydrogen) atoms. The average molecular weight is 520 g/mol. The minimum atomic E-state index is -1.84. The highest BCUT2D eigenvalue weighted by atomic mass is 35.5. The second-order valence-electron chi connectivity index (χ2n) is 9.49. The Labute approximate surface area is 221 Å². The summed E-state index contributed by atoms with van der Waals surface area (Å²) in [6.45, 7) is 1.68. The Morgan fingerprint density at radius 3 is 2.32 bits per heavy atom. The molecular weight excluding hydrogens is 490 g/mol. The van der Waals surface area contributed by atoms with Gasteiger partial charge in [-0.25, -0.2) is 0 Å². The molecule has 1 aliphatic heterocycles. The molecule has 3 aromatic carbocycles. The van der Waals surface area contributed by atoms with E-state index in [9.17, 15) is 14.7 Å². The summed E-state index contributed by atoms with van der Waals surface area (Å²) in [5.74, 6) is -0.734. The van der Waals surface area contributed by atoms with Gasteiger partial charge < -0.3 is 25.7 Å². The zero-order chi connectivity index (χ0) is 26.0. The number of aliphatic hydroxyl groups is 2. The predicted octanol–water partition coefficient (Wildman–Crippen LogP) is 2.95. The Hall–Kier alpha value is -3.23. The normalized spacial score (nSPS) is 17.4. The number of nitrogens with one attached hydrogen (secondary N) is 2. The number of hydrogen-bond donors (Lipinski definition) is 4. The maximum absolute atomic E-state index is 14.0. The van der Waals surface area contributed by atoms with E-state index in [2.05, 4.69) is 10.6 Å². The van der Waals surface area contributed by atoms with E-state index in [1.54, 1.807) is 18.2 Å². The van der Waals surface area contributed by atoms with Gasteiger partial charge in [0.25, 0.3) is 5.91 Å². The number of aliphatic hydroxyl groups excluding tert-OH is 1. The summed E-state index contributed by atoms with van der Waals surface area (Å²) < 4.78 is 0. The van der Waals surface area contributed by atoms with E-state index in [-0.39, 0.29) is 19.1 Å². The van der Waals surface area contributed by atoms with Crippen molar-refractivity contribution in [2.75, 3.05) is 19.7 Å². The Bertz CT molecular complexity index is 1280. The largest absolute Gasteiger partial charge is 0.395 e. The fraction of sp³-hybridized carbons (Fsp3) is 0.310. The van der Waals surface area contributed by atoms with Crippen LogP contribution >= 0.6 is 11.6 Å². The van der Waals surface area contributed by atoms with Crippen molar-refractivity contribution in [2.45, 2.75) is 37.6 Å². The second-order valence-corrected chi connectivity index (χ2v) is 9.93. The fourth-order valence-electron chi connectivity index (χ4n) is 5.47. The molecule has 1 saturated heterocycles. The summed E-state index contributed by atoms with van der Waals surface area (Å²) in [7, 11) is 0. The molecule has 4 N–H and O–H groups in total. The Kier molecular flexibility index (Phi) is 7.31. The molecule has 192 valence electrons. The van der Waals surface area contributed by atoms with Crippen LogP contribution in [-0.2, 0) is 28.3 Å². The van der Waals surface area contributed by atoms with Crippen molar-refractivity contribution in [3.8, 4) is 11.1 Å². The molecule has 2 amide bonds. The van der Waals surface area contributed by atoms with Crippen LogP contribution in [0.2, 0.25) is 5.02 Å². The average Bonchev–Trinajstić information content (AvgIpc) is 3.51. The minimum Gasteiger partial charge on any atom is -0.395 e. The molecule has 1 atom stereocenters. The molecule has 2 aliphatic rings. The number of rotatable bonds is 8. The van der Waals surface area contributed by atoms with Crippen LogP contribution in [0.4, 0.5) is 0 Å². The second kappa shape index (κ2) is 10.6. The zero-order valence-corrected chi connectivity index (χ0v) is 21.2. The molecule has 1 fully saturated rings. The van der Waals surface area contributed by atoms with E-state index < -0.39 is 17.6 Å². The van der Waals surface area contributed by atoms with Gasteiger partial charge >= 0.3 is 0 Å². The van der Waals surface area contributed by atoms with Crippen molar-refractivity contribution in [3.05, 3.63) is 94.0 Å². The van der Waals surface area contributed by atoms with Gasteiger partial charge in [-0.3, -0.25) is 9.59 Å². The highest BCUT2D eigenvalue weighted by molar-refractivity contribution is 6.30. The lowest BCUT2D eigenvalue weighted by molar-refractivity contribution is -0.151. The van der Waals surface area contributed by atoms with E-state index in [4.69, 9.17) is 16.7 Å². The van der Waals surface area contributed by atoms with Crippen molar-refractivity contribution >= 4 is 23.4 Å². The molecule has 3 aromatic rings. The number of fused-ring (bicyclic) bond motifs is 3. The van der Waals surface area contributed by atoms with Gasteiger partial charge in [-0.15, -0.1) is 0 Å². The number of amides is 2. The maximum atomic E-state index is 14.0. The predicted molar refractivity (Wildman–Crippen MR) is 142 cm³/mol. The fourth-order valence-corrected chi connectivity index (χ4v) is 5.66. The monoisotopic (exact) mass is 519 g/mol. The number of likely N-dealkylation sites (tertiary alicyclic amines) is 1. The summed E-state index contributed by atoms with van der Waals surface area (Å²) in [5, 5.41) is 27.7. The van der Waals surface area contributed by atoms with E-state index >= 15 is 0 Å². The Morgan fingerprint density at radius 1 is 0.973 bits per heavy atom. The highest BCUT2D eigenvalue weighted by Crippen LogP contribution is 2.48. The molecule has 0 spiro atoms. The molecule has 8 heteroatoms. The first-order valence-corrected chi connectivity index (χ1v) is 12.9. The number of carbonyl (C=O) groups is 2. The number of hydrogen-bond acceptors (Lipinski definition) is 5. The van der Waals surface area contributed by atoms with Crippen LogP contribution < -0.4 is 10.6 Å². The number of nitrogens with zero attached hydrogens (tertiary/aromatic N) is 1. The number of carbonyl (C=O) groups excluding carboxylic acids is 2. The van der Waals surface area contributed by atoms with Crippen molar-refractivity contribution in [3.63, 3.8) is 0 Å². The Balaban J connectivity index is 1.35. The zero-order valence-electron chi connectivity index (χ0n) is 20.4. The molecule has 7 nitrogen and oxygen atoms in total. The first-order chi connectivity index (χ1) is 17.9. The van der Waals surface area contributed by atoms with E-state index in [1.807, 2.05) is 48.5 Å². The van der Waals surface area contributed by atoms with Crippen LogP contribution in [-0.4, -0.2) is 52.7 Å². The molecular formula is C29H30ClN3O4. The van der Waals surface area contributed by atoms with Crippen molar-refractivity contribution < 1.29 is 19.8 Å². The topological polar surface area (TPSA) is 102 Å². The van der Waals surface area contributed by atoms with Gasteiger partial charge in [-0.05, 0) is 47.2 Å². The number of halogens is 1. The SMILES string of the molecule is O=C(NCc1cc(Cl)ccc1CNCCO)[C@@H]1CCCN1C(=O)C1(O)c2ccccc2-c2ccccc21. The van der Waals surface area contributed by atoms with Crippen molar-refractivity contribution in [2.24, 2.45) is 0 Å². The van der Waals surface area contributed by atoms with E-state index in [0.717, 1.165) is 22.3 Å². The lowest BCUT2D eigenvalue weighted by atomic mass is 9.89. The van der Waals surface area contributed by atoms with Crippen LogP contribution in [0.25, 0.3) is 11.1 Å². The lowest BCUT2D eigenvalue weighted by Crippen LogP contribution is -2.52. The van der Waals surface area contributed by atoms with Gasteiger partial charge in [0.15, 0.2) is 5.60 Å². The van der Waals surface area contributed by atoms with Gasteiger partial charge in [-0.1, -0.05) is 66.2 Å². The lowest BCUT2D eigenvalue weighted by Gasteiger charge is -2.33. The summed E-state index contributed by atoms with van der Waals surface area (Å²) in [4.78, 5) is 28.8. The van der Waals surface area contributed by atoms with E-state index in [0.29, 0.717) is 48.6 Å². The van der Waals surface area contributed by atoms with Gasteiger partial charge in [0.05, 0.1) is 6.61 Å².